The molecule has 0 saturated heterocycles. The molecule has 1 amide bonds. The Morgan fingerprint density at radius 2 is 2.21 bits per heavy atom. The van der Waals surface area contributed by atoms with E-state index in [0.717, 1.165) is 18.6 Å². The van der Waals surface area contributed by atoms with E-state index in [1.54, 1.807) is 0 Å². The number of hydrogen-bond donors (Lipinski definition) is 3. The Labute approximate surface area is 111 Å². The Bertz CT molecular complexity index is 472. The van der Waals surface area contributed by atoms with Gasteiger partial charge in [0.15, 0.2) is 11.6 Å². The number of aromatic hydroxyl groups is 1. The average Bonchev–Trinajstić information content (AvgIpc) is 2.35. The van der Waals surface area contributed by atoms with Crippen molar-refractivity contribution >= 4 is 5.91 Å². The summed E-state index contributed by atoms with van der Waals surface area (Å²) in [6.45, 7) is 1.97. The molecule has 3 N–H and O–H groups in total. The van der Waals surface area contributed by atoms with E-state index >= 15 is 0 Å². The van der Waals surface area contributed by atoms with Gasteiger partial charge in [-0.15, -0.1) is 0 Å². The first-order valence-corrected chi connectivity index (χ1v) is 6.48. The summed E-state index contributed by atoms with van der Waals surface area (Å²) in [5.41, 5.74) is 0.189. The lowest BCUT2D eigenvalue weighted by Crippen LogP contribution is -2.46. The minimum Gasteiger partial charge on any atom is -0.505 e. The zero-order valence-electron chi connectivity index (χ0n) is 10.8. The number of aliphatic hydroxyl groups excluding tert-OH is 1. The van der Waals surface area contributed by atoms with Gasteiger partial charge in [-0.05, 0) is 43.4 Å². The molecule has 5 heteroatoms. The molecule has 1 aliphatic rings. The monoisotopic (exact) mass is 267 g/mol. The van der Waals surface area contributed by atoms with Crippen molar-refractivity contribution in [3.63, 3.8) is 0 Å². The van der Waals surface area contributed by atoms with E-state index in [9.17, 15) is 14.3 Å². The minimum absolute atomic E-state index is 0.00670. The number of aliphatic hydroxyl groups is 1. The van der Waals surface area contributed by atoms with E-state index in [1.165, 1.54) is 6.07 Å². The Morgan fingerprint density at radius 1 is 1.53 bits per heavy atom. The van der Waals surface area contributed by atoms with Crippen LogP contribution in [0.4, 0.5) is 4.39 Å². The summed E-state index contributed by atoms with van der Waals surface area (Å²) in [5, 5.41) is 21.2. The van der Waals surface area contributed by atoms with Crippen LogP contribution in [0.25, 0.3) is 0 Å². The van der Waals surface area contributed by atoms with Crippen LogP contribution in [0.5, 0.6) is 5.75 Å². The van der Waals surface area contributed by atoms with E-state index in [-0.39, 0.29) is 29.5 Å². The van der Waals surface area contributed by atoms with Crippen molar-refractivity contribution in [2.75, 3.05) is 0 Å². The van der Waals surface area contributed by atoms with E-state index < -0.39 is 11.6 Å². The molecular weight excluding hydrogens is 249 g/mol. The number of carbonyl (C=O) groups excluding carboxylic acids is 1. The first-order chi connectivity index (χ1) is 9.01. The van der Waals surface area contributed by atoms with Gasteiger partial charge in [0.05, 0.1) is 6.10 Å². The number of amides is 1. The fourth-order valence-electron chi connectivity index (χ4n) is 2.41. The second-order valence-corrected chi connectivity index (χ2v) is 5.04. The van der Waals surface area contributed by atoms with Gasteiger partial charge in [-0.25, -0.2) is 4.39 Å². The molecule has 0 spiro atoms. The maximum absolute atomic E-state index is 13.2. The molecule has 0 aromatic heterocycles. The number of halogens is 1. The van der Waals surface area contributed by atoms with Crippen molar-refractivity contribution in [2.45, 2.75) is 38.3 Å². The highest BCUT2D eigenvalue weighted by Crippen LogP contribution is 2.31. The minimum atomic E-state index is -0.806. The fraction of sp³-hybridized carbons (Fsp3) is 0.500. The molecule has 1 saturated carbocycles. The molecule has 104 valence electrons. The molecule has 19 heavy (non-hydrogen) atoms. The zero-order valence-corrected chi connectivity index (χ0v) is 10.8. The van der Waals surface area contributed by atoms with Crippen LogP contribution in [0, 0.1) is 11.7 Å². The summed E-state index contributed by atoms with van der Waals surface area (Å²) in [5.74, 6) is -1.34. The van der Waals surface area contributed by atoms with Gasteiger partial charge >= 0.3 is 0 Å². The van der Waals surface area contributed by atoms with Crippen LogP contribution in [0.2, 0.25) is 0 Å². The van der Waals surface area contributed by atoms with Crippen molar-refractivity contribution in [2.24, 2.45) is 5.92 Å². The van der Waals surface area contributed by atoms with Crippen molar-refractivity contribution in [1.29, 1.82) is 0 Å². The summed E-state index contributed by atoms with van der Waals surface area (Å²) in [6, 6.07) is 3.56. The van der Waals surface area contributed by atoms with Crippen LogP contribution in [0.3, 0.4) is 0 Å². The topological polar surface area (TPSA) is 69.6 Å². The molecule has 4 nitrogen and oxygen atoms in total. The van der Waals surface area contributed by atoms with Crippen LogP contribution in [-0.2, 0) is 0 Å². The average molecular weight is 267 g/mol. The lowest BCUT2D eigenvalue weighted by Gasteiger charge is -2.37. The Kier molecular flexibility index (Phi) is 4.04. The third-order valence-electron chi connectivity index (χ3n) is 3.68. The Hall–Kier alpha value is -1.62. The summed E-state index contributed by atoms with van der Waals surface area (Å²) >= 11 is 0. The number of carbonyl (C=O) groups is 1. The van der Waals surface area contributed by atoms with Crippen molar-refractivity contribution in [1.82, 2.24) is 5.32 Å². The molecule has 1 aromatic carbocycles. The lowest BCUT2D eigenvalue weighted by molar-refractivity contribution is 0.0232. The number of benzene rings is 1. The Balaban J connectivity index is 2.00. The Morgan fingerprint density at radius 3 is 2.74 bits per heavy atom. The predicted molar refractivity (Wildman–Crippen MR) is 68.3 cm³/mol. The highest BCUT2D eigenvalue weighted by atomic mass is 19.1. The van der Waals surface area contributed by atoms with Gasteiger partial charge in [0, 0.05) is 11.6 Å². The van der Waals surface area contributed by atoms with Crippen LogP contribution in [0.1, 0.15) is 36.5 Å². The molecule has 1 aromatic rings. The highest BCUT2D eigenvalue weighted by molar-refractivity contribution is 5.94. The first kappa shape index (κ1) is 13.8. The molecule has 1 unspecified atom stereocenters. The first-order valence-electron chi connectivity index (χ1n) is 6.48. The number of hydrogen-bond acceptors (Lipinski definition) is 3. The SMILES string of the molecule is CCC(NC(=O)c1ccc(O)c(F)c1)C1CC(O)C1. The molecule has 1 atom stereocenters. The van der Waals surface area contributed by atoms with Crippen molar-refractivity contribution in [3.8, 4) is 5.75 Å². The predicted octanol–water partition coefficient (Wildman–Crippen LogP) is 1.81. The van der Waals surface area contributed by atoms with Gasteiger partial charge in [0.1, 0.15) is 0 Å². The van der Waals surface area contributed by atoms with Gasteiger partial charge < -0.3 is 15.5 Å². The molecule has 0 radical (unpaired) electrons. The molecule has 0 bridgehead atoms. The van der Waals surface area contributed by atoms with Gasteiger partial charge in [0.25, 0.3) is 5.91 Å². The van der Waals surface area contributed by atoms with E-state index in [2.05, 4.69) is 5.32 Å². The summed E-state index contributed by atoms with van der Waals surface area (Å²) in [4.78, 5) is 12.0. The second-order valence-electron chi connectivity index (χ2n) is 5.04. The smallest absolute Gasteiger partial charge is 0.251 e. The van der Waals surface area contributed by atoms with E-state index in [0.29, 0.717) is 12.8 Å². The number of nitrogens with one attached hydrogen (secondary N) is 1. The van der Waals surface area contributed by atoms with E-state index in [4.69, 9.17) is 5.11 Å². The van der Waals surface area contributed by atoms with Crippen LogP contribution >= 0.6 is 0 Å². The van der Waals surface area contributed by atoms with Crippen LogP contribution in [0.15, 0.2) is 18.2 Å². The number of phenols is 1. The number of phenolic OH excluding ortho intramolecular Hbond substituents is 1. The quantitative estimate of drug-likeness (QED) is 0.779. The third-order valence-corrected chi connectivity index (χ3v) is 3.68. The summed E-state index contributed by atoms with van der Waals surface area (Å²) in [7, 11) is 0. The molecule has 1 fully saturated rings. The maximum atomic E-state index is 13.2. The molecule has 0 heterocycles. The zero-order chi connectivity index (χ0) is 14.0. The third kappa shape index (κ3) is 3.04. The van der Waals surface area contributed by atoms with Gasteiger partial charge in [-0.1, -0.05) is 6.92 Å². The lowest BCUT2D eigenvalue weighted by atomic mass is 9.76. The fourth-order valence-corrected chi connectivity index (χ4v) is 2.41. The van der Waals surface area contributed by atoms with Crippen LogP contribution < -0.4 is 5.32 Å². The standard InChI is InChI=1S/C14H18FNO3/c1-2-12(9-5-10(17)6-9)16-14(19)8-3-4-13(18)11(15)7-8/h3-4,7,9-10,12,17-18H,2,5-6H2,1H3,(H,16,19). The van der Waals surface area contributed by atoms with Crippen LogP contribution in [-0.4, -0.2) is 28.3 Å². The van der Waals surface area contributed by atoms with Gasteiger partial charge in [-0.2, -0.15) is 0 Å². The maximum Gasteiger partial charge on any atom is 0.251 e. The largest absolute Gasteiger partial charge is 0.505 e. The summed E-state index contributed by atoms with van der Waals surface area (Å²) in [6.07, 6.45) is 1.90. The van der Waals surface area contributed by atoms with Gasteiger partial charge in [0.2, 0.25) is 0 Å². The second kappa shape index (κ2) is 5.57. The highest BCUT2D eigenvalue weighted by Gasteiger charge is 2.33. The van der Waals surface area contributed by atoms with Crippen molar-refractivity contribution < 1.29 is 19.4 Å². The van der Waals surface area contributed by atoms with E-state index in [1.807, 2.05) is 6.92 Å². The number of rotatable bonds is 4. The van der Waals surface area contributed by atoms with Crippen molar-refractivity contribution in [3.05, 3.63) is 29.6 Å². The van der Waals surface area contributed by atoms with Gasteiger partial charge in [-0.3, -0.25) is 4.79 Å². The normalized spacial score (nSPS) is 23.5. The molecule has 0 aliphatic heterocycles. The molecule has 2 rings (SSSR count). The molecular formula is C14H18FNO3. The molecule has 1 aliphatic carbocycles. The summed E-state index contributed by atoms with van der Waals surface area (Å²) < 4.78 is 13.2.